The molecule has 0 radical (unpaired) electrons. The molecule has 2 aromatic carbocycles. The lowest BCUT2D eigenvalue weighted by molar-refractivity contribution is 0.287. The quantitative estimate of drug-likeness (QED) is 0.788. The van der Waals surface area contributed by atoms with E-state index < -0.39 is 10.0 Å². The molecule has 0 spiro atoms. The van der Waals surface area contributed by atoms with E-state index in [1.807, 2.05) is 45.0 Å². The fourth-order valence-electron chi connectivity index (χ4n) is 3.21. The van der Waals surface area contributed by atoms with Gasteiger partial charge in [-0.25, -0.2) is 8.42 Å². The van der Waals surface area contributed by atoms with E-state index in [1.165, 1.54) is 4.31 Å². The average Bonchev–Trinajstić information content (AvgIpc) is 2.93. The van der Waals surface area contributed by atoms with Gasteiger partial charge >= 0.3 is 0 Å². The molecule has 0 amide bonds. The minimum absolute atomic E-state index is 0.121. The number of hydrogen-bond acceptors (Lipinski definition) is 4. The molecule has 1 aliphatic rings. The predicted octanol–water partition coefficient (Wildman–Crippen LogP) is 3.62. The highest BCUT2D eigenvalue weighted by molar-refractivity contribution is 7.92. The Labute approximate surface area is 149 Å². The van der Waals surface area contributed by atoms with Crippen LogP contribution in [0.1, 0.15) is 26.3 Å². The van der Waals surface area contributed by atoms with Crippen molar-refractivity contribution < 1.29 is 17.9 Å². The van der Waals surface area contributed by atoms with Crippen LogP contribution >= 0.6 is 0 Å². The summed E-state index contributed by atoms with van der Waals surface area (Å²) in [5.41, 5.74) is 1.80. The third kappa shape index (κ3) is 3.18. The molecule has 0 aromatic heterocycles. The van der Waals surface area contributed by atoms with E-state index in [-0.39, 0.29) is 10.9 Å². The molecule has 0 fully saturated rings. The van der Waals surface area contributed by atoms with Crippen molar-refractivity contribution in [3.63, 3.8) is 0 Å². The Morgan fingerprint density at radius 1 is 1.04 bits per heavy atom. The summed E-state index contributed by atoms with van der Waals surface area (Å²) < 4.78 is 39.1. The summed E-state index contributed by atoms with van der Waals surface area (Å²) in [5.74, 6) is 1.00. The van der Waals surface area contributed by atoms with Crippen LogP contribution in [0.3, 0.4) is 0 Å². The van der Waals surface area contributed by atoms with Gasteiger partial charge in [0.1, 0.15) is 0 Å². The fraction of sp³-hybridized carbons (Fsp3) is 0.368. The summed E-state index contributed by atoms with van der Waals surface area (Å²) >= 11 is 0. The Morgan fingerprint density at radius 3 is 2.44 bits per heavy atom. The summed E-state index contributed by atoms with van der Waals surface area (Å²) in [6, 6.07) is 12.3. The van der Waals surface area contributed by atoms with Crippen molar-refractivity contribution in [3.05, 3.63) is 48.0 Å². The second-order valence-electron chi connectivity index (χ2n) is 5.96. The number of para-hydroxylation sites is 1. The van der Waals surface area contributed by atoms with Gasteiger partial charge in [0.15, 0.2) is 11.5 Å². The van der Waals surface area contributed by atoms with Crippen molar-refractivity contribution >= 4 is 15.7 Å². The van der Waals surface area contributed by atoms with Crippen LogP contribution in [0, 0.1) is 0 Å². The standard InChI is InChI=1S/C19H23NO4S/c1-4-23-18-11-10-16(13-19(18)24-5-2)25(21,22)20-14(3)12-15-8-6-7-9-17(15)20/h6-11,13-14H,4-5,12H2,1-3H3/t14-/m1/s1. The monoisotopic (exact) mass is 361 g/mol. The molecule has 0 saturated heterocycles. The summed E-state index contributed by atoms with van der Waals surface area (Å²) in [5, 5.41) is 0. The highest BCUT2D eigenvalue weighted by atomic mass is 32.2. The zero-order valence-corrected chi connectivity index (χ0v) is 15.5. The lowest BCUT2D eigenvalue weighted by Gasteiger charge is -2.25. The number of nitrogens with zero attached hydrogens (tertiary/aromatic N) is 1. The maximum atomic E-state index is 13.3. The molecule has 0 unspecified atom stereocenters. The van der Waals surface area contributed by atoms with Crippen LogP contribution in [-0.4, -0.2) is 27.7 Å². The summed E-state index contributed by atoms with van der Waals surface area (Å²) in [6.45, 7) is 6.59. The molecule has 0 bridgehead atoms. The second kappa shape index (κ2) is 6.96. The van der Waals surface area contributed by atoms with Crippen LogP contribution in [0.4, 0.5) is 5.69 Å². The molecule has 5 nitrogen and oxygen atoms in total. The minimum atomic E-state index is -3.68. The zero-order valence-electron chi connectivity index (χ0n) is 14.7. The fourth-order valence-corrected chi connectivity index (χ4v) is 4.92. The number of sulfonamides is 1. The Kier molecular flexibility index (Phi) is 4.90. The number of fused-ring (bicyclic) bond motifs is 1. The van der Waals surface area contributed by atoms with Crippen molar-refractivity contribution in [2.24, 2.45) is 0 Å². The molecule has 0 aliphatic carbocycles. The molecular formula is C19H23NO4S. The molecule has 134 valence electrons. The van der Waals surface area contributed by atoms with Crippen molar-refractivity contribution in [1.29, 1.82) is 0 Å². The lowest BCUT2D eigenvalue weighted by Crippen LogP contribution is -2.35. The van der Waals surface area contributed by atoms with Crippen LogP contribution < -0.4 is 13.8 Å². The van der Waals surface area contributed by atoms with Gasteiger partial charge in [0.25, 0.3) is 10.0 Å². The minimum Gasteiger partial charge on any atom is -0.490 e. The van der Waals surface area contributed by atoms with E-state index in [2.05, 4.69) is 0 Å². The van der Waals surface area contributed by atoms with Gasteiger partial charge in [0.05, 0.1) is 23.8 Å². The molecule has 1 atom stereocenters. The third-order valence-electron chi connectivity index (χ3n) is 4.22. The predicted molar refractivity (Wildman–Crippen MR) is 98.1 cm³/mol. The molecule has 0 N–H and O–H groups in total. The number of rotatable bonds is 6. The van der Waals surface area contributed by atoms with Gasteiger partial charge in [-0.3, -0.25) is 4.31 Å². The number of benzene rings is 2. The number of hydrogen-bond donors (Lipinski definition) is 0. The van der Waals surface area contributed by atoms with Crippen molar-refractivity contribution in [1.82, 2.24) is 0 Å². The number of anilines is 1. The van der Waals surface area contributed by atoms with Gasteiger partial charge in [-0.1, -0.05) is 18.2 Å². The first-order chi connectivity index (χ1) is 12.0. The molecule has 3 rings (SSSR count). The van der Waals surface area contributed by atoms with Crippen LogP contribution in [0.15, 0.2) is 47.4 Å². The second-order valence-corrected chi connectivity index (χ2v) is 7.77. The van der Waals surface area contributed by atoms with E-state index in [0.717, 1.165) is 11.3 Å². The van der Waals surface area contributed by atoms with Crippen LogP contribution in [0.25, 0.3) is 0 Å². The molecule has 2 aromatic rings. The smallest absolute Gasteiger partial charge is 0.264 e. The van der Waals surface area contributed by atoms with Gasteiger partial charge in [0.2, 0.25) is 0 Å². The first-order valence-corrected chi connectivity index (χ1v) is 9.95. The molecule has 1 aliphatic heterocycles. The highest BCUT2D eigenvalue weighted by Gasteiger charge is 2.36. The Hall–Kier alpha value is -2.21. The van der Waals surface area contributed by atoms with E-state index in [1.54, 1.807) is 18.2 Å². The molecule has 25 heavy (non-hydrogen) atoms. The summed E-state index contributed by atoms with van der Waals surface area (Å²) in [4.78, 5) is 0.211. The van der Waals surface area contributed by atoms with Gasteiger partial charge in [-0.2, -0.15) is 0 Å². The Morgan fingerprint density at radius 2 is 1.72 bits per heavy atom. The molecule has 1 heterocycles. The normalized spacial score (nSPS) is 16.6. The highest BCUT2D eigenvalue weighted by Crippen LogP contribution is 2.38. The zero-order chi connectivity index (χ0) is 18.0. The first-order valence-electron chi connectivity index (χ1n) is 8.51. The van der Waals surface area contributed by atoms with Gasteiger partial charge in [-0.05, 0) is 51.0 Å². The van der Waals surface area contributed by atoms with E-state index in [0.29, 0.717) is 31.1 Å². The first kappa shape index (κ1) is 17.6. The molecule has 0 saturated carbocycles. The maximum Gasteiger partial charge on any atom is 0.264 e. The maximum absolute atomic E-state index is 13.3. The van der Waals surface area contributed by atoms with E-state index >= 15 is 0 Å². The third-order valence-corrected chi connectivity index (χ3v) is 6.14. The van der Waals surface area contributed by atoms with Gasteiger partial charge in [-0.15, -0.1) is 0 Å². The van der Waals surface area contributed by atoms with Crippen LogP contribution in [0.5, 0.6) is 11.5 Å². The number of ether oxygens (including phenoxy) is 2. The van der Waals surface area contributed by atoms with E-state index in [4.69, 9.17) is 9.47 Å². The molecule has 6 heteroatoms. The van der Waals surface area contributed by atoms with Crippen LogP contribution in [-0.2, 0) is 16.4 Å². The van der Waals surface area contributed by atoms with Crippen molar-refractivity contribution in [3.8, 4) is 11.5 Å². The molecular weight excluding hydrogens is 338 g/mol. The average molecular weight is 361 g/mol. The van der Waals surface area contributed by atoms with Gasteiger partial charge < -0.3 is 9.47 Å². The summed E-state index contributed by atoms with van der Waals surface area (Å²) in [7, 11) is -3.68. The SMILES string of the molecule is CCOc1ccc(S(=O)(=O)N2c3ccccc3C[C@H]2C)cc1OCC. The largest absolute Gasteiger partial charge is 0.490 e. The van der Waals surface area contributed by atoms with E-state index in [9.17, 15) is 8.42 Å². The Bertz CT molecular complexity index is 863. The lowest BCUT2D eigenvalue weighted by atomic mass is 10.1. The topological polar surface area (TPSA) is 55.8 Å². The van der Waals surface area contributed by atoms with Gasteiger partial charge in [0, 0.05) is 12.1 Å². The Balaban J connectivity index is 2.04. The van der Waals surface area contributed by atoms with Crippen molar-refractivity contribution in [2.45, 2.75) is 38.1 Å². The van der Waals surface area contributed by atoms with Crippen molar-refractivity contribution in [2.75, 3.05) is 17.5 Å². The summed E-state index contributed by atoms with van der Waals surface area (Å²) in [6.07, 6.45) is 0.713. The van der Waals surface area contributed by atoms with Crippen LogP contribution in [0.2, 0.25) is 0 Å².